The molecule has 0 heterocycles. The van der Waals surface area contributed by atoms with E-state index in [2.05, 4.69) is 17.4 Å². The van der Waals surface area contributed by atoms with Gasteiger partial charge in [0.1, 0.15) is 6.04 Å². The average molecular weight is 489 g/mol. The molecule has 0 radical (unpaired) electrons. The van der Waals surface area contributed by atoms with Crippen LogP contribution in [-0.2, 0) is 22.6 Å². The van der Waals surface area contributed by atoms with E-state index in [1.807, 2.05) is 94.4 Å². The quantitative estimate of drug-likeness (QED) is 0.339. The highest BCUT2D eigenvalue weighted by Gasteiger charge is 2.30. The number of nitrogens with zero attached hydrogens (tertiary/aromatic N) is 1. The van der Waals surface area contributed by atoms with Gasteiger partial charge < -0.3 is 10.2 Å². The van der Waals surface area contributed by atoms with Gasteiger partial charge in [0.25, 0.3) is 0 Å². The van der Waals surface area contributed by atoms with Crippen LogP contribution >= 0.6 is 11.8 Å². The number of benzene rings is 3. The molecule has 0 saturated carbocycles. The molecule has 3 rings (SSSR count). The predicted molar refractivity (Wildman–Crippen MR) is 145 cm³/mol. The summed E-state index contributed by atoms with van der Waals surface area (Å²) in [6.07, 6.45) is 1.30. The molecule has 0 bridgehead atoms. The van der Waals surface area contributed by atoms with Crippen molar-refractivity contribution in [2.75, 3.05) is 5.75 Å². The number of nitrogens with one attached hydrogen (secondary N) is 1. The molecule has 0 aliphatic carbocycles. The Labute approximate surface area is 214 Å². The number of carbonyl (C=O) groups is 2. The molecule has 35 heavy (non-hydrogen) atoms. The summed E-state index contributed by atoms with van der Waals surface area (Å²) in [4.78, 5) is 30.0. The van der Waals surface area contributed by atoms with Crippen molar-refractivity contribution in [3.05, 3.63) is 101 Å². The maximum atomic E-state index is 13.7. The van der Waals surface area contributed by atoms with Gasteiger partial charge in [-0.05, 0) is 50.5 Å². The summed E-state index contributed by atoms with van der Waals surface area (Å²) in [6.45, 7) is 8.52. The molecule has 0 aliphatic rings. The monoisotopic (exact) mass is 488 g/mol. The third-order valence-electron chi connectivity index (χ3n) is 6.13. The first-order chi connectivity index (χ1) is 16.9. The van der Waals surface area contributed by atoms with Crippen molar-refractivity contribution in [2.45, 2.75) is 64.1 Å². The molecule has 0 spiro atoms. The Bertz CT molecular complexity index is 1080. The summed E-state index contributed by atoms with van der Waals surface area (Å²) in [5.41, 5.74) is 4.39. The van der Waals surface area contributed by atoms with Crippen LogP contribution in [0.3, 0.4) is 0 Å². The van der Waals surface area contributed by atoms with E-state index in [4.69, 9.17) is 0 Å². The van der Waals surface area contributed by atoms with E-state index in [-0.39, 0.29) is 23.6 Å². The number of aryl methyl sites for hydroxylation is 2. The standard InChI is InChI=1S/C30H36N2O2S/c1-5-24(4)31-30(34)28(19-25-9-7-6-8-10-25)32(20-26-15-11-22(2)12-16-26)29(33)21-35-27-17-13-23(3)14-18-27/h6-18,24,28H,5,19-21H2,1-4H3,(H,31,34)/t24-,28-/m0/s1. The lowest BCUT2D eigenvalue weighted by Crippen LogP contribution is -2.52. The van der Waals surface area contributed by atoms with Crippen molar-refractivity contribution in [1.82, 2.24) is 10.2 Å². The van der Waals surface area contributed by atoms with Crippen LogP contribution in [0.4, 0.5) is 0 Å². The molecule has 1 N–H and O–H groups in total. The van der Waals surface area contributed by atoms with Crippen molar-refractivity contribution in [2.24, 2.45) is 0 Å². The van der Waals surface area contributed by atoms with Crippen LogP contribution in [0.2, 0.25) is 0 Å². The number of hydrogen-bond donors (Lipinski definition) is 1. The normalized spacial score (nSPS) is 12.6. The van der Waals surface area contributed by atoms with Crippen molar-refractivity contribution in [3.63, 3.8) is 0 Å². The van der Waals surface area contributed by atoms with Crippen molar-refractivity contribution < 1.29 is 9.59 Å². The number of hydrogen-bond acceptors (Lipinski definition) is 3. The fraction of sp³-hybridized carbons (Fsp3) is 0.333. The summed E-state index contributed by atoms with van der Waals surface area (Å²) in [5.74, 6) is 0.122. The van der Waals surface area contributed by atoms with E-state index in [0.29, 0.717) is 13.0 Å². The Morgan fingerprint density at radius 3 is 2.06 bits per heavy atom. The number of thioether (sulfide) groups is 1. The lowest BCUT2D eigenvalue weighted by molar-refractivity contribution is -0.139. The molecule has 0 saturated heterocycles. The molecule has 5 heteroatoms. The summed E-state index contributed by atoms with van der Waals surface area (Å²) in [5, 5.41) is 3.12. The molecule has 0 aromatic heterocycles. The fourth-order valence-corrected chi connectivity index (χ4v) is 4.53. The Morgan fingerprint density at radius 1 is 0.857 bits per heavy atom. The van der Waals surface area contributed by atoms with Gasteiger partial charge >= 0.3 is 0 Å². The largest absolute Gasteiger partial charge is 0.352 e. The van der Waals surface area contributed by atoms with Crippen molar-refractivity contribution in [3.8, 4) is 0 Å². The minimum absolute atomic E-state index is 0.0408. The number of amides is 2. The van der Waals surface area contributed by atoms with Gasteiger partial charge in [0.2, 0.25) is 11.8 Å². The summed E-state index contributed by atoms with van der Waals surface area (Å²) in [7, 11) is 0. The van der Waals surface area contributed by atoms with Crippen LogP contribution in [0.25, 0.3) is 0 Å². The summed E-state index contributed by atoms with van der Waals surface area (Å²) in [6, 6.07) is 25.7. The topological polar surface area (TPSA) is 49.4 Å². The second kappa shape index (κ2) is 13.1. The van der Waals surface area contributed by atoms with E-state index in [0.717, 1.165) is 28.0 Å². The molecule has 3 aromatic carbocycles. The van der Waals surface area contributed by atoms with Crippen LogP contribution < -0.4 is 5.32 Å². The van der Waals surface area contributed by atoms with Crippen LogP contribution in [0.5, 0.6) is 0 Å². The zero-order chi connectivity index (χ0) is 25.2. The van der Waals surface area contributed by atoms with Crippen molar-refractivity contribution in [1.29, 1.82) is 0 Å². The lowest BCUT2D eigenvalue weighted by atomic mass is 10.0. The highest BCUT2D eigenvalue weighted by Crippen LogP contribution is 2.22. The lowest BCUT2D eigenvalue weighted by Gasteiger charge is -2.32. The van der Waals surface area contributed by atoms with E-state index in [9.17, 15) is 9.59 Å². The van der Waals surface area contributed by atoms with Crippen LogP contribution in [0, 0.1) is 13.8 Å². The Morgan fingerprint density at radius 2 is 1.46 bits per heavy atom. The molecular formula is C30H36N2O2S. The van der Waals surface area contributed by atoms with Gasteiger partial charge in [-0.1, -0.05) is 84.8 Å². The summed E-state index contributed by atoms with van der Waals surface area (Å²) < 4.78 is 0. The maximum Gasteiger partial charge on any atom is 0.243 e. The SMILES string of the molecule is CC[C@H](C)NC(=O)[C@H](Cc1ccccc1)N(Cc1ccc(C)cc1)C(=O)CSc1ccc(C)cc1. The Hall–Kier alpha value is -3.05. The average Bonchev–Trinajstić information content (AvgIpc) is 2.87. The minimum atomic E-state index is -0.598. The zero-order valence-corrected chi connectivity index (χ0v) is 22.0. The van der Waals surface area contributed by atoms with Crippen LogP contribution in [0.1, 0.15) is 42.5 Å². The van der Waals surface area contributed by atoms with Crippen LogP contribution in [0.15, 0.2) is 83.8 Å². The van der Waals surface area contributed by atoms with Gasteiger partial charge in [-0.25, -0.2) is 0 Å². The second-order valence-corrected chi connectivity index (χ2v) is 10.2. The molecule has 0 fully saturated rings. The molecule has 2 amide bonds. The third-order valence-corrected chi connectivity index (χ3v) is 7.13. The molecular weight excluding hydrogens is 452 g/mol. The van der Waals surface area contributed by atoms with Gasteiger partial charge in [-0.3, -0.25) is 9.59 Å². The first-order valence-corrected chi connectivity index (χ1v) is 13.2. The van der Waals surface area contributed by atoms with Crippen LogP contribution in [-0.4, -0.2) is 34.6 Å². The maximum absolute atomic E-state index is 13.7. The highest BCUT2D eigenvalue weighted by atomic mass is 32.2. The summed E-state index contributed by atoms with van der Waals surface area (Å²) >= 11 is 1.51. The van der Waals surface area contributed by atoms with E-state index < -0.39 is 6.04 Å². The molecule has 0 unspecified atom stereocenters. The van der Waals surface area contributed by atoms with Crippen molar-refractivity contribution >= 4 is 23.6 Å². The fourth-order valence-electron chi connectivity index (χ4n) is 3.75. The van der Waals surface area contributed by atoms with Gasteiger partial charge in [0, 0.05) is 23.9 Å². The second-order valence-electron chi connectivity index (χ2n) is 9.13. The minimum Gasteiger partial charge on any atom is -0.352 e. The third kappa shape index (κ3) is 8.29. The van der Waals surface area contributed by atoms with E-state index in [1.165, 1.54) is 17.3 Å². The molecule has 3 aromatic rings. The predicted octanol–water partition coefficient (Wildman–Crippen LogP) is 5.95. The number of carbonyl (C=O) groups excluding carboxylic acids is 2. The molecule has 4 nitrogen and oxygen atoms in total. The highest BCUT2D eigenvalue weighted by molar-refractivity contribution is 8.00. The van der Waals surface area contributed by atoms with Gasteiger partial charge in [-0.15, -0.1) is 11.8 Å². The molecule has 2 atom stereocenters. The van der Waals surface area contributed by atoms with Gasteiger partial charge in [0.05, 0.1) is 5.75 Å². The molecule has 0 aliphatic heterocycles. The first kappa shape index (κ1) is 26.6. The smallest absolute Gasteiger partial charge is 0.243 e. The zero-order valence-electron chi connectivity index (χ0n) is 21.2. The van der Waals surface area contributed by atoms with Gasteiger partial charge in [0.15, 0.2) is 0 Å². The van der Waals surface area contributed by atoms with Gasteiger partial charge in [-0.2, -0.15) is 0 Å². The molecule has 184 valence electrons. The van der Waals surface area contributed by atoms with E-state index >= 15 is 0 Å². The Balaban J connectivity index is 1.89. The van der Waals surface area contributed by atoms with E-state index in [1.54, 1.807) is 4.90 Å². The Kier molecular flexibility index (Phi) is 9.98. The first-order valence-electron chi connectivity index (χ1n) is 12.2. The number of rotatable bonds is 11.